The SMILES string of the molecule is Fc1ccc(Cn2nc3c(C(F)(F)F)cccc3c2-c2cc(NCc3cc(F)ccc3F)ccn2)c(F)c1. The van der Waals surface area contributed by atoms with Gasteiger partial charge in [-0.1, -0.05) is 18.2 Å². The number of alkyl halides is 3. The molecule has 5 aromatic rings. The third-order valence-electron chi connectivity index (χ3n) is 5.90. The molecule has 2 heterocycles. The Balaban J connectivity index is 1.59. The number of rotatable bonds is 6. The van der Waals surface area contributed by atoms with Crippen LogP contribution in [0, 0.1) is 23.3 Å². The minimum Gasteiger partial charge on any atom is -0.381 e. The Hall–Kier alpha value is -4.41. The molecular weight excluding hydrogens is 513 g/mol. The maximum absolute atomic E-state index is 14.4. The number of benzene rings is 3. The Bertz CT molecular complexity index is 1640. The number of aromatic nitrogens is 3. The molecule has 0 unspecified atom stereocenters. The van der Waals surface area contributed by atoms with Gasteiger partial charge in [-0.3, -0.25) is 9.67 Å². The Morgan fingerprint density at radius 3 is 2.32 bits per heavy atom. The molecule has 0 aliphatic heterocycles. The number of pyridine rings is 1. The third-order valence-corrected chi connectivity index (χ3v) is 5.90. The molecule has 0 saturated heterocycles. The van der Waals surface area contributed by atoms with Crippen LogP contribution in [0.2, 0.25) is 0 Å². The second-order valence-corrected chi connectivity index (χ2v) is 8.46. The topological polar surface area (TPSA) is 42.7 Å². The monoisotopic (exact) mass is 530 g/mol. The van der Waals surface area contributed by atoms with E-state index in [1.165, 1.54) is 35.1 Å². The van der Waals surface area contributed by atoms with Crippen molar-refractivity contribution in [1.29, 1.82) is 0 Å². The zero-order valence-electron chi connectivity index (χ0n) is 19.3. The average Bonchev–Trinajstić information content (AvgIpc) is 3.24. The van der Waals surface area contributed by atoms with Crippen molar-refractivity contribution in [2.24, 2.45) is 0 Å². The highest BCUT2D eigenvalue weighted by molar-refractivity contribution is 5.95. The maximum Gasteiger partial charge on any atom is 0.418 e. The van der Waals surface area contributed by atoms with Gasteiger partial charge in [-0.25, -0.2) is 17.6 Å². The van der Waals surface area contributed by atoms with Crippen LogP contribution in [-0.2, 0) is 19.3 Å². The number of nitrogens with zero attached hydrogens (tertiary/aromatic N) is 3. The molecule has 3 aromatic carbocycles. The van der Waals surface area contributed by atoms with Crippen molar-refractivity contribution in [3.05, 3.63) is 113 Å². The lowest BCUT2D eigenvalue weighted by atomic mass is 10.1. The number of fused-ring (bicyclic) bond motifs is 1. The van der Waals surface area contributed by atoms with Crippen molar-refractivity contribution >= 4 is 16.6 Å². The van der Waals surface area contributed by atoms with Crippen molar-refractivity contribution in [1.82, 2.24) is 14.8 Å². The van der Waals surface area contributed by atoms with E-state index in [0.29, 0.717) is 11.8 Å². The van der Waals surface area contributed by atoms with Crippen LogP contribution in [0.25, 0.3) is 22.3 Å². The number of hydrogen-bond donors (Lipinski definition) is 1. The average molecular weight is 530 g/mol. The van der Waals surface area contributed by atoms with Crippen LogP contribution < -0.4 is 5.32 Å². The molecule has 0 atom stereocenters. The number of nitrogens with one attached hydrogen (secondary N) is 1. The van der Waals surface area contributed by atoms with Crippen LogP contribution in [0.15, 0.2) is 72.9 Å². The van der Waals surface area contributed by atoms with Crippen molar-refractivity contribution in [3.63, 3.8) is 0 Å². The Morgan fingerprint density at radius 1 is 0.789 bits per heavy atom. The lowest BCUT2D eigenvalue weighted by Gasteiger charge is -2.11. The first-order chi connectivity index (χ1) is 18.1. The molecule has 1 N–H and O–H groups in total. The van der Waals surface area contributed by atoms with Gasteiger partial charge in [-0.2, -0.15) is 18.3 Å². The molecule has 5 rings (SSSR count). The van der Waals surface area contributed by atoms with Crippen LogP contribution in [0.4, 0.5) is 36.4 Å². The molecule has 2 aromatic heterocycles. The van der Waals surface area contributed by atoms with E-state index < -0.39 is 35.0 Å². The van der Waals surface area contributed by atoms with Gasteiger partial charge in [0.05, 0.1) is 23.5 Å². The zero-order valence-corrected chi connectivity index (χ0v) is 19.3. The van der Waals surface area contributed by atoms with Crippen LogP contribution in [-0.4, -0.2) is 14.8 Å². The van der Waals surface area contributed by atoms with Gasteiger partial charge >= 0.3 is 6.18 Å². The van der Waals surface area contributed by atoms with Crippen molar-refractivity contribution in [2.75, 3.05) is 5.32 Å². The molecule has 0 fully saturated rings. The van der Waals surface area contributed by atoms with Crippen LogP contribution >= 0.6 is 0 Å². The third kappa shape index (κ3) is 5.04. The highest BCUT2D eigenvalue weighted by Gasteiger charge is 2.34. The van der Waals surface area contributed by atoms with Crippen molar-refractivity contribution in [2.45, 2.75) is 19.3 Å². The summed E-state index contributed by atoms with van der Waals surface area (Å²) >= 11 is 0. The quantitative estimate of drug-likeness (QED) is 0.234. The summed E-state index contributed by atoms with van der Waals surface area (Å²) in [7, 11) is 0. The summed E-state index contributed by atoms with van der Waals surface area (Å²) in [4.78, 5) is 4.28. The molecule has 0 radical (unpaired) electrons. The predicted octanol–water partition coefficient (Wildman–Crippen LogP) is 7.33. The number of hydrogen-bond acceptors (Lipinski definition) is 3. The largest absolute Gasteiger partial charge is 0.418 e. The van der Waals surface area contributed by atoms with Crippen molar-refractivity contribution in [3.8, 4) is 11.4 Å². The minimum absolute atomic E-state index is 0.00451. The second kappa shape index (κ2) is 9.81. The van der Waals surface area contributed by atoms with E-state index in [4.69, 9.17) is 0 Å². The minimum atomic E-state index is -4.71. The lowest BCUT2D eigenvalue weighted by Crippen LogP contribution is -2.08. The van der Waals surface area contributed by atoms with Gasteiger partial charge in [0.25, 0.3) is 0 Å². The maximum atomic E-state index is 14.4. The molecule has 0 saturated carbocycles. The van der Waals surface area contributed by atoms with E-state index in [1.54, 1.807) is 6.07 Å². The first-order valence-electron chi connectivity index (χ1n) is 11.2. The van der Waals surface area contributed by atoms with Gasteiger partial charge in [-0.05, 0) is 42.5 Å². The Morgan fingerprint density at radius 2 is 1.55 bits per heavy atom. The zero-order chi connectivity index (χ0) is 27.0. The normalized spacial score (nSPS) is 11.8. The molecule has 11 heteroatoms. The molecule has 0 aliphatic rings. The van der Waals surface area contributed by atoms with E-state index >= 15 is 0 Å². The first-order valence-corrected chi connectivity index (χ1v) is 11.2. The van der Waals surface area contributed by atoms with Gasteiger partial charge < -0.3 is 5.32 Å². The smallest absolute Gasteiger partial charge is 0.381 e. The summed E-state index contributed by atoms with van der Waals surface area (Å²) < 4.78 is 97.8. The molecule has 0 spiro atoms. The van der Waals surface area contributed by atoms with E-state index in [2.05, 4.69) is 15.4 Å². The molecule has 38 heavy (non-hydrogen) atoms. The number of halogens is 7. The number of anilines is 1. The van der Waals surface area contributed by atoms with Crippen LogP contribution in [0.1, 0.15) is 16.7 Å². The first kappa shape index (κ1) is 25.2. The van der Waals surface area contributed by atoms with E-state index in [9.17, 15) is 30.7 Å². The fourth-order valence-corrected chi connectivity index (χ4v) is 4.12. The van der Waals surface area contributed by atoms with E-state index in [-0.39, 0.29) is 46.5 Å². The van der Waals surface area contributed by atoms with Gasteiger partial charge in [0.2, 0.25) is 0 Å². The van der Waals surface area contributed by atoms with Gasteiger partial charge in [0.15, 0.2) is 0 Å². The molecule has 0 amide bonds. The molecule has 4 nitrogen and oxygen atoms in total. The second-order valence-electron chi connectivity index (χ2n) is 8.46. The Labute approximate surface area is 211 Å². The van der Waals surface area contributed by atoms with Gasteiger partial charge in [0.1, 0.15) is 28.8 Å². The molecular formula is C27H17F7N4. The predicted molar refractivity (Wildman–Crippen MR) is 127 cm³/mol. The highest BCUT2D eigenvalue weighted by Crippen LogP contribution is 2.38. The van der Waals surface area contributed by atoms with E-state index in [1.807, 2.05) is 0 Å². The fraction of sp³-hybridized carbons (Fsp3) is 0.111. The van der Waals surface area contributed by atoms with E-state index in [0.717, 1.165) is 30.3 Å². The summed E-state index contributed by atoms with van der Waals surface area (Å²) in [6.07, 6.45) is -3.32. The Kier molecular flexibility index (Phi) is 6.52. The standard InChI is InChI=1S/C27H17F7N4/c28-17-6-7-22(30)16(10-17)13-36-19-8-9-35-24(12-19)26-20-2-1-3-21(27(32,33)34)25(20)37-38(26)14-15-4-5-18(29)11-23(15)31/h1-12H,13-14H2,(H,35,36). The van der Waals surface area contributed by atoms with Crippen LogP contribution in [0.3, 0.4) is 0 Å². The highest BCUT2D eigenvalue weighted by atomic mass is 19.4. The molecule has 0 bridgehead atoms. The lowest BCUT2D eigenvalue weighted by molar-refractivity contribution is -0.136. The van der Waals surface area contributed by atoms with Crippen LogP contribution in [0.5, 0.6) is 0 Å². The van der Waals surface area contributed by atoms with Gasteiger partial charge in [0, 0.05) is 41.0 Å². The molecule has 0 aliphatic carbocycles. The molecule has 194 valence electrons. The summed E-state index contributed by atoms with van der Waals surface area (Å²) in [6.45, 7) is -0.382. The summed E-state index contributed by atoms with van der Waals surface area (Å²) in [5.41, 5.74) is -0.496. The van der Waals surface area contributed by atoms with Crippen molar-refractivity contribution < 1.29 is 30.7 Å². The van der Waals surface area contributed by atoms with Gasteiger partial charge in [-0.15, -0.1) is 0 Å². The fourth-order valence-electron chi connectivity index (χ4n) is 4.12. The summed E-state index contributed by atoms with van der Waals surface area (Å²) in [5, 5.41) is 7.20. The summed E-state index contributed by atoms with van der Waals surface area (Å²) in [5.74, 6) is -2.90. The summed E-state index contributed by atoms with van der Waals surface area (Å²) in [6, 6.07) is 12.5.